The summed E-state index contributed by atoms with van der Waals surface area (Å²) in [4.78, 5) is 15.0. The first-order valence-corrected chi connectivity index (χ1v) is 21.7. The molecule has 0 amide bonds. The van der Waals surface area contributed by atoms with Crippen molar-refractivity contribution in [3.8, 4) is 89.3 Å². The van der Waals surface area contributed by atoms with Crippen LogP contribution in [-0.4, -0.2) is 19.4 Å². The molecule has 0 saturated carbocycles. The van der Waals surface area contributed by atoms with Gasteiger partial charge in [0.15, 0.2) is 0 Å². The van der Waals surface area contributed by atoms with Crippen molar-refractivity contribution in [3.63, 3.8) is 0 Å². The average Bonchev–Trinajstić information content (AvgIpc) is 3.90. The minimum absolute atomic E-state index is 0. The molecule has 0 spiro atoms. The van der Waals surface area contributed by atoms with Gasteiger partial charge in [0.05, 0.1) is 0 Å². The molecule has 0 aliphatic heterocycles. The zero-order valence-electron chi connectivity index (χ0n) is 35.5. The molecule has 12 aromatic rings. The van der Waals surface area contributed by atoms with Crippen molar-refractivity contribution in [2.75, 3.05) is 0 Å². The van der Waals surface area contributed by atoms with Crippen LogP contribution in [0.15, 0.2) is 225 Å². The number of hydrogen-bond donors (Lipinski definition) is 0. The number of fused-ring (bicyclic) bond motifs is 6. The van der Waals surface area contributed by atoms with Gasteiger partial charge >= 0.3 is 20.1 Å². The van der Waals surface area contributed by atoms with Crippen molar-refractivity contribution in [1.29, 1.82) is 0 Å². The maximum atomic E-state index is 5.16. The molecular weight excluding hydrogens is 981 g/mol. The third-order valence-corrected chi connectivity index (χ3v) is 12.3. The van der Waals surface area contributed by atoms with Crippen molar-refractivity contribution >= 4 is 27.3 Å². The number of pyridine rings is 4. The van der Waals surface area contributed by atoms with E-state index in [0.29, 0.717) is 0 Å². The van der Waals surface area contributed by atoms with Gasteiger partial charge in [-0.15, -0.1) is 101 Å². The van der Waals surface area contributed by atoms with E-state index in [2.05, 4.69) is 168 Å². The largest absolute Gasteiger partial charge is 3.00 e. The first-order chi connectivity index (χ1) is 32.2. The SMILES string of the molecule is [Ir+3].[c-]1ccccc1-c1ccc(-c2ccccc2-c2cc(-c3ccccc3-c3ccc(-c4[c-]cccc4)nc3)cc(-c3ccccc3-c3cnc4c5[c-]cccc5n5cccc5c4c3)c2)cn1. The van der Waals surface area contributed by atoms with E-state index in [1.165, 1.54) is 0 Å². The number of hydrogen-bond acceptors (Lipinski definition) is 3. The van der Waals surface area contributed by atoms with Gasteiger partial charge in [-0.05, 0) is 131 Å². The van der Waals surface area contributed by atoms with Gasteiger partial charge in [0.1, 0.15) is 0 Å². The third kappa shape index (κ3) is 7.40. The van der Waals surface area contributed by atoms with Crippen LogP contribution in [0, 0.1) is 18.2 Å². The van der Waals surface area contributed by atoms with Crippen molar-refractivity contribution in [1.82, 2.24) is 19.4 Å². The molecule has 0 aliphatic rings. The molecule has 310 valence electrons. The molecule has 66 heavy (non-hydrogen) atoms. The molecule has 0 radical (unpaired) electrons. The van der Waals surface area contributed by atoms with Crippen LogP contribution in [0.1, 0.15) is 0 Å². The zero-order valence-corrected chi connectivity index (χ0v) is 37.9. The summed E-state index contributed by atoms with van der Waals surface area (Å²) in [5, 5.41) is 2.09. The molecule has 0 atom stereocenters. The van der Waals surface area contributed by atoms with Crippen LogP contribution in [0.3, 0.4) is 0 Å². The van der Waals surface area contributed by atoms with Crippen molar-refractivity contribution in [2.45, 2.75) is 0 Å². The van der Waals surface area contributed by atoms with Crippen molar-refractivity contribution in [3.05, 3.63) is 243 Å². The van der Waals surface area contributed by atoms with Gasteiger partial charge < -0.3 is 19.4 Å². The Morgan fingerprint density at radius 3 is 1.29 bits per heavy atom. The number of nitrogens with zero attached hydrogens (tertiary/aromatic N) is 4. The van der Waals surface area contributed by atoms with Crippen LogP contribution < -0.4 is 0 Å². The number of rotatable bonds is 8. The molecule has 0 unspecified atom stereocenters. The van der Waals surface area contributed by atoms with Crippen molar-refractivity contribution < 1.29 is 20.1 Å². The minimum atomic E-state index is 0. The van der Waals surface area contributed by atoms with E-state index in [9.17, 15) is 0 Å². The summed E-state index contributed by atoms with van der Waals surface area (Å²) in [6.45, 7) is 0. The monoisotopic (exact) mass is 1020 g/mol. The predicted octanol–water partition coefficient (Wildman–Crippen LogP) is 15.2. The summed E-state index contributed by atoms with van der Waals surface area (Å²) in [6.07, 6.45) is 8.09. The summed E-state index contributed by atoms with van der Waals surface area (Å²) in [5.74, 6) is 0. The second-order valence-corrected chi connectivity index (χ2v) is 16.2. The molecule has 0 N–H and O–H groups in total. The second kappa shape index (κ2) is 17.5. The Bertz CT molecular complexity index is 3550. The van der Waals surface area contributed by atoms with Gasteiger partial charge in [0, 0.05) is 24.1 Å². The fraction of sp³-hybridized carbons (Fsp3) is 0. The van der Waals surface area contributed by atoms with Crippen LogP contribution in [-0.2, 0) is 20.1 Å². The molecular formula is C61H37IrN4. The Balaban J connectivity index is 0.00000481. The summed E-state index contributed by atoms with van der Waals surface area (Å²) in [7, 11) is 0. The normalized spacial score (nSPS) is 11.2. The molecule has 5 heterocycles. The van der Waals surface area contributed by atoms with E-state index in [-0.39, 0.29) is 20.1 Å². The van der Waals surface area contributed by atoms with E-state index in [0.717, 1.165) is 117 Å². The Labute approximate surface area is 397 Å². The first kappa shape index (κ1) is 40.7. The van der Waals surface area contributed by atoms with Gasteiger partial charge in [0.2, 0.25) is 0 Å². The van der Waals surface area contributed by atoms with E-state index >= 15 is 0 Å². The molecule has 0 fully saturated rings. The minimum Gasteiger partial charge on any atom is -0.358 e. The van der Waals surface area contributed by atoms with Crippen LogP contribution >= 0.6 is 0 Å². The van der Waals surface area contributed by atoms with Crippen LogP contribution in [0.4, 0.5) is 0 Å². The van der Waals surface area contributed by atoms with Gasteiger partial charge in [-0.1, -0.05) is 103 Å². The second-order valence-electron chi connectivity index (χ2n) is 16.2. The van der Waals surface area contributed by atoms with Gasteiger partial charge in [-0.3, -0.25) is 0 Å². The van der Waals surface area contributed by atoms with Gasteiger partial charge in [0.25, 0.3) is 0 Å². The van der Waals surface area contributed by atoms with Gasteiger partial charge in [-0.2, -0.15) is 0 Å². The Morgan fingerprint density at radius 2 is 0.803 bits per heavy atom. The summed E-state index contributed by atoms with van der Waals surface area (Å²) >= 11 is 0. The zero-order chi connectivity index (χ0) is 43.1. The molecule has 7 aromatic carbocycles. The van der Waals surface area contributed by atoms with E-state index in [1.54, 1.807) is 0 Å². The molecule has 12 rings (SSSR count). The van der Waals surface area contributed by atoms with Gasteiger partial charge in [-0.25, -0.2) is 0 Å². The van der Waals surface area contributed by atoms with E-state index in [4.69, 9.17) is 15.0 Å². The summed E-state index contributed by atoms with van der Waals surface area (Å²) < 4.78 is 2.24. The quantitative estimate of drug-likeness (QED) is 0.113. The first-order valence-electron chi connectivity index (χ1n) is 21.7. The summed E-state index contributed by atoms with van der Waals surface area (Å²) in [5.41, 5.74) is 19.9. The van der Waals surface area contributed by atoms with E-state index in [1.807, 2.05) is 79.3 Å². The Morgan fingerprint density at radius 1 is 0.348 bits per heavy atom. The topological polar surface area (TPSA) is 43.1 Å². The maximum absolute atomic E-state index is 5.16. The smallest absolute Gasteiger partial charge is 0.358 e. The predicted molar refractivity (Wildman–Crippen MR) is 266 cm³/mol. The van der Waals surface area contributed by atoms with Crippen LogP contribution in [0.2, 0.25) is 0 Å². The Kier molecular flexibility index (Phi) is 10.8. The fourth-order valence-electron chi connectivity index (χ4n) is 9.22. The Hall–Kier alpha value is -8.08. The molecule has 4 nitrogen and oxygen atoms in total. The van der Waals surface area contributed by atoms with Crippen LogP contribution in [0.25, 0.3) is 117 Å². The van der Waals surface area contributed by atoms with Crippen molar-refractivity contribution in [2.24, 2.45) is 0 Å². The number of benzene rings is 7. The van der Waals surface area contributed by atoms with Crippen LogP contribution in [0.5, 0.6) is 0 Å². The number of aromatic nitrogens is 4. The third-order valence-electron chi connectivity index (χ3n) is 12.3. The molecule has 5 heteroatoms. The average molecular weight is 1020 g/mol. The molecule has 0 bridgehead atoms. The fourth-order valence-corrected chi connectivity index (χ4v) is 9.22. The standard InChI is InChI=1S/C61H37N4.Ir/c1-3-16-41(17-4-1)57-31-29-43(38-62-57)49-20-7-9-22-51(49)45-34-46(52-23-10-8-21-50(52)44-30-32-58(63-39-44)42-18-5-2-6-19-42)36-47(35-45)53-24-11-12-25-54(53)48-37-56-60-28-15-33-65(60)59-27-14-13-26-55(59)61(56)64-40-48;/h1-16,18,20-25,27-40H;/q-3;+3. The maximum Gasteiger partial charge on any atom is 3.00 e. The summed E-state index contributed by atoms with van der Waals surface area (Å²) in [6, 6.07) is 80.2. The molecule has 5 aromatic heterocycles. The van der Waals surface area contributed by atoms with E-state index < -0.39 is 0 Å². The molecule has 0 aliphatic carbocycles. The molecule has 0 saturated heterocycles.